The standard InChI is InChI=1S/C20H20N6O/c1-24-14(6-7-22-24)12-25-13-4-5-17(25)15-11-21-20-10-16(19-3-2-8-27-19)23-26(20)18(15)9-13/h2-3,6-8,10-11,13,17H,4-5,9,12H2,1H3/t13-,17-/m0/s1. The normalized spacial score (nSPS) is 21.8. The Balaban J connectivity index is 1.42. The van der Waals surface area contributed by atoms with Crippen molar-refractivity contribution < 1.29 is 4.42 Å². The summed E-state index contributed by atoms with van der Waals surface area (Å²) < 4.78 is 9.51. The molecule has 4 aromatic rings. The molecule has 4 aromatic heterocycles. The van der Waals surface area contributed by atoms with Crippen LogP contribution < -0.4 is 0 Å². The highest BCUT2D eigenvalue weighted by atomic mass is 16.3. The molecule has 1 saturated heterocycles. The first-order chi connectivity index (χ1) is 13.3. The van der Waals surface area contributed by atoms with Crippen LogP contribution in [-0.4, -0.2) is 35.3 Å². The molecule has 7 nitrogen and oxygen atoms in total. The summed E-state index contributed by atoms with van der Waals surface area (Å²) in [5.74, 6) is 0.783. The van der Waals surface area contributed by atoms with Gasteiger partial charge < -0.3 is 4.42 Å². The van der Waals surface area contributed by atoms with Crippen molar-refractivity contribution in [1.82, 2.24) is 29.3 Å². The summed E-state index contributed by atoms with van der Waals surface area (Å²) in [6, 6.07) is 8.88. The van der Waals surface area contributed by atoms with Crippen LogP contribution in [0.15, 0.2) is 47.3 Å². The van der Waals surface area contributed by atoms with Gasteiger partial charge in [0, 0.05) is 56.1 Å². The van der Waals surface area contributed by atoms with E-state index in [1.54, 1.807) is 6.26 Å². The van der Waals surface area contributed by atoms with Crippen molar-refractivity contribution in [2.24, 2.45) is 7.05 Å². The van der Waals surface area contributed by atoms with E-state index < -0.39 is 0 Å². The Morgan fingerprint density at radius 1 is 1.26 bits per heavy atom. The third-order valence-electron chi connectivity index (χ3n) is 6.09. The topological polar surface area (TPSA) is 64.4 Å². The van der Waals surface area contributed by atoms with Crippen molar-refractivity contribution in [3.63, 3.8) is 0 Å². The van der Waals surface area contributed by atoms with Crippen LogP contribution in [0.25, 0.3) is 17.1 Å². The van der Waals surface area contributed by atoms with Gasteiger partial charge in [-0.05, 0) is 31.0 Å². The molecule has 27 heavy (non-hydrogen) atoms. The molecule has 0 spiro atoms. The fourth-order valence-corrected chi connectivity index (χ4v) is 4.72. The number of aromatic nitrogens is 5. The summed E-state index contributed by atoms with van der Waals surface area (Å²) in [4.78, 5) is 7.32. The van der Waals surface area contributed by atoms with E-state index in [1.165, 1.54) is 29.8 Å². The average molecular weight is 360 g/mol. The summed E-state index contributed by atoms with van der Waals surface area (Å²) in [6.07, 6.45) is 9.00. The van der Waals surface area contributed by atoms with Crippen molar-refractivity contribution >= 4 is 5.65 Å². The zero-order valence-electron chi connectivity index (χ0n) is 15.1. The molecule has 0 saturated carbocycles. The van der Waals surface area contributed by atoms with Crippen LogP contribution in [0, 0.1) is 0 Å². The van der Waals surface area contributed by atoms with Gasteiger partial charge in [0.05, 0.1) is 17.7 Å². The van der Waals surface area contributed by atoms with Crippen LogP contribution in [0.2, 0.25) is 0 Å². The number of hydrogen-bond donors (Lipinski definition) is 0. The molecule has 2 atom stereocenters. The van der Waals surface area contributed by atoms with Crippen LogP contribution in [0.5, 0.6) is 0 Å². The van der Waals surface area contributed by atoms with Gasteiger partial charge in [0.15, 0.2) is 11.4 Å². The number of aryl methyl sites for hydroxylation is 1. The Morgan fingerprint density at radius 3 is 3.04 bits per heavy atom. The van der Waals surface area contributed by atoms with Crippen molar-refractivity contribution in [1.29, 1.82) is 0 Å². The second kappa shape index (κ2) is 5.53. The minimum absolute atomic E-state index is 0.404. The second-order valence-electron chi connectivity index (χ2n) is 7.51. The van der Waals surface area contributed by atoms with Gasteiger partial charge in [0.25, 0.3) is 0 Å². The average Bonchev–Trinajstić information content (AvgIpc) is 3.43. The van der Waals surface area contributed by atoms with E-state index in [0.29, 0.717) is 12.1 Å². The molecule has 2 aliphatic heterocycles. The van der Waals surface area contributed by atoms with Gasteiger partial charge in [0.1, 0.15) is 5.69 Å². The van der Waals surface area contributed by atoms with Gasteiger partial charge >= 0.3 is 0 Å². The Morgan fingerprint density at radius 2 is 2.22 bits per heavy atom. The molecule has 0 aliphatic carbocycles. The van der Waals surface area contributed by atoms with E-state index >= 15 is 0 Å². The molecule has 1 fully saturated rings. The van der Waals surface area contributed by atoms with E-state index in [1.807, 2.05) is 40.6 Å². The maximum atomic E-state index is 5.51. The van der Waals surface area contributed by atoms with Gasteiger partial charge in [-0.15, -0.1) is 0 Å². The SMILES string of the molecule is Cn1nccc1CN1[C@H]2CC[C@H]1c1cnc3cc(-c4ccco4)nn3c1C2. The molecule has 6 rings (SSSR count). The van der Waals surface area contributed by atoms with Crippen LogP contribution in [0.4, 0.5) is 0 Å². The van der Waals surface area contributed by atoms with Gasteiger partial charge in [0.2, 0.25) is 0 Å². The maximum Gasteiger partial charge on any atom is 0.155 e. The lowest BCUT2D eigenvalue weighted by Gasteiger charge is -2.36. The fraction of sp³-hybridized carbons (Fsp3) is 0.350. The number of nitrogens with zero attached hydrogens (tertiary/aromatic N) is 6. The molecule has 0 unspecified atom stereocenters. The number of furan rings is 1. The van der Waals surface area contributed by atoms with Crippen molar-refractivity contribution in [2.45, 2.75) is 37.9 Å². The minimum Gasteiger partial charge on any atom is -0.463 e. The van der Waals surface area contributed by atoms with Gasteiger partial charge in [-0.3, -0.25) is 9.58 Å². The summed E-state index contributed by atoms with van der Waals surface area (Å²) in [6.45, 7) is 0.931. The third kappa shape index (κ3) is 2.21. The number of fused-ring (bicyclic) bond motifs is 6. The summed E-state index contributed by atoms with van der Waals surface area (Å²) >= 11 is 0. The van der Waals surface area contributed by atoms with Crippen LogP contribution in [0.3, 0.4) is 0 Å². The first kappa shape index (κ1) is 15.2. The lowest BCUT2D eigenvalue weighted by atomic mass is 9.99. The molecule has 2 aliphatic rings. The molecule has 136 valence electrons. The summed E-state index contributed by atoms with van der Waals surface area (Å²) in [7, 11) is 2.01. The van der Waals surface area contributed by atoms with E-state index in [-0.39, 0.29) is 0 Å². The van der Waals surface area contributed by atoms with Crippen LogP contribution in [0.1, 0.15) is 35.8 Å². The Labute approximate surface area is 156 Å². The van der Waals surface area contributed by atoms with E-state index in [9.17, 15) is 0 Å². The third-order valence-corrected chi connectivity index (χ3v) is 6.09. The predicted molar refractivity (Wildman–Crippen MR) is 98.9 cm³/mol. The Bertz CT molecular complexity index is 1120. The molecule has 0 radical (unpaired) electrons. The first-order valence-corrected chi connectivity index (χ1v) is 9.42. The highest BCUT2D eigenvalue weighted by Gasteiger charge is 2.41. The van der Waals surface area contributed by atoms with Crippen molar-refractivity contribution in [2.75, 3.05) is 0 Å². The molecular formula is C20H20N6O. The number of hydrogen-bond acceptors (Lipinski definition) is 5. The smallest absolute Gasteiger partial charge is 0.155 e. The Kier molecular flexibility index (Phi) is 3.11. The molecule has 0 aromatic carbocycles. The fourth-order valence-electron chi connectivity index (χ4n) is 4.72. The first-order valence-electron chi connectivity index (χ1n) is 9.42. The molecule has 2 bridgehead atoms. The zero-order valence-corrected chi connectivity index (χ0v) is 15.1. The highest BCUT2D eigenvalue weighted by Crippen LogP contribution is 2.44. The maximum absolute atomic E-state index is 5.51. The van der Waals surface area contributed by atoms with Crippen LogP contribution in [-0.2, 0) is 20.0 Å². The molecular weight excluding hydrogens is 340 g/mol. The monoisotopic (exact) mass is 360 g/mol. The zero-order chi connectivity index (χ0) is 18.0. The largest absolute Gasteiger partial charge is 0.463 e. The van der Waals surface area contributed by atoms with Crippen molar-refractivity contribution in [3.05, 3.63) is 59.9 Å². The lowest BCUT2D eigenvalue weighted by Crippen LogP contribution is -2.38. The second-order valence-corrected chi connectivity index (χ2v) is 7.51. The highest BCUT2D eigenvalue weighted by molar-refractivity contribution is 5.59. The number of rotatable bonds is 3. The van der Waals surface area contributed by atoms with E-state index in [0.717, 1.165) is 30.1 Å². The van der Waals surface area contributed by atoms with Gasteiger partial charge in [-0.25, -0.2) is 9.50 Å². The predicted octanol–water partition coefficient (Wildman–Crippen LogP) is 2.98. The summed E-state index contributed by atoms with van der Waals surface area (Å²) in [5.41, 5.74) is 5.59. The summed E-state index contributed by atoms with van der Waals surface area (Å²) in [5, 5.41) is 9.13. The van der Waals surface area contributed by atoms with Crippen LogP contribution >= 0.6 is 0 Å². The minimum atomic E-state index is 0.404. The molecule has 7 heteroatoms. The van der Waals surface area contributed by atoms with E-state index in [2.05, 4.69) is 22.3 Å². The lowest BCUT2D eigenvalue weighted by molar-refractivity contribution is 0.161. The quantitative estimate of drug-likeness (QED) is 0.562. The van der Waals surface area contributed by atoms with Crippen molar-refractivity contribution in [3.8, 4) is 11.5 Å². The Hall–Kier alpha value is -2.93. The van der Waals surface area contributed by atoms with Gasteiger partial charge in [-0.1, -0.05) is 0 Å². The van der Waals surface area contributed by atoms with Gasteiger partial charge in [-0.2, -0.15) is 10.2 Å². The molecule has 0 amide bonds. The molecule has 0 N–H and O–H groups in total. The molecule has 6 heterocycles. The van der Waals surface area contributed by atoms with E-state index in [4.69, 9.17) is 14.5 Å².